The number of fused-ring (bicyclic) bond motifs is 5. The summed E-state index contributed by atoms with van der Waals surface area (Å²) in [6.07, 6.45) is 6.44. The van der Waals surface area contributed by atoms with Gasteiger partial charge in [0.25, 0.3) is 0 Å². The second-order valence-electron chi connectivity index (χ2n) is 7.57. The molecule has 0 radical (unpaired) electrons. The fraction of sp³-hybridized carbons (Fsp3) is 0.261. The van der Waals surface area contributed by atoms with E-state index in [1.807, 2.05) is 36.4 Å². The summed E-state index contributed by atoms with van der Waals surface area (Å²) in [5, 5.41) is 5.76. The monoisotopic (exact) mass is 432 g/mol. The van der Waals surface area contributed by atoms with Crippen molar-refractivity contribution in [3.05, 3.63) is 58.9 Å². The maximum absolute atomic E-state index is 5.97. The quantitative estimate of drug-likeness (QED) is 0.386. The maximum atomic E-state index is 5.97. The normalized spacial score (nSPS) is 13.6. The zero-order valence-corrected chi connectivity index (χ0v) is 17.8. The fourth-order valence-electron chi connectivity index (χ4n) is 4.06. The third-order valence-electron chi connectivity index (χ3n) is 5.61. The van der Waals surface area contributed by atoms with Gasteiger partial charge in [0.05, 0.1) is 12.5 Å². The van der Waals surface area contributed by atoms with Gasteiger partial charge in [-0.25, -0.2) is 14.5 Å². The predicted molar refractivity (Wildman–Crippen MR) is 118 cm³/mol. The number of ether oxygens (including phenoxy) is 2. The van der Waals surface area contributed by atoms with Crippen molar-refractivity contribution in [2.75, 3.05) is 7.11 Å². The van der Waals surface area contributed by atoms with Crippen LogP contribution in [0.2, 0.25) is 0 Å². The van der Waals surface area contributed by atoms with E-state index in [-0.39, 0.29) is 0 Å². The van der Waals surface area contributed by atoms with Gasteiger partial charge in [0.15, 0.2) is 11.4 Å². The Morgan fingerprint density at radius 3 is 2.77 bits per heavy atom. The minimum atomic E-state index is 0.323. The van der Waals surface area contributed by atoms with Gasteiger partial charge in [-0.05, 0) is 67.6 Å². The number of nitrogens with zero attached hydrogens (tertiary/aromatic N) is 4. The van der Waals surface area contributed by atoms with Crippen LogP contribution in [0.5, 0.6) is 11.5 Å². The molecule has 156 valence electrons. The summed E-state index contributed by atoms with van der Waals surface area (Å²) in [7, 11) is 1.64. The van der Waals surface area contributed by atoms with Crippen molar-refractivity contribution in [2.45, 2.75) is 32.3 Å². The minimum absolute atomic E-state index is 0.323. The molecule has 1 aromatic carbocycles. The number of furan rings is 1. The van der Waals surface area contributed by atoms with Gasteiger partial charge < -0.3 is 13.9 Å². The number of benzene rings is 1. The molecular weight excluding hydrogens is 412 g/mol. The number of aromatic nitrogens is 4. The molecule has 0 bridgehead atoms. The molecule has 4 heterocycles. The average Bonchev–Trinajstić information content (AvgIpc) is 3.53. The maximum Gasteiger partial charge on any atom is 0.217 e. The summed E-state index contributed by atoms with van der Waals surface area (Å²) in [6, 6.07) is 11.2. The minimum Gasteiger partial charge on any atom is -0.497 e. The van der Waals surface area contributed by atoms with E-state index in [1.165, 1.54) is 23.3 Å². The van der Waals surface area contributed by atoms with Gasteiger partial charge in [0.2, 0.25) is 5.82 Å². The van der Waals surface area contributed by atoms with Crippen LogP contribution in [-0.2, 0) is 19.4 Å². The van der Waals surface area contributed by atoms with Crippen LogP contribution in [0.25, 0.3) is 27.4 Å². The Balaban J connectivity index is 1.28. The van der Waals surface area contributed by atoms with E-state index >= 15 is 0 Å². The first-order chi connectivity index (χ1) is 15.3. The molecule has 5 aromatic rings. The van der Waals surface area contributed by atoms with E-state index in [0.717, 1.165) is 40.2 Å². The van der Waals surface area contributed by atoms with Gasteiger partial charge in [-0.2, -0.15) is 0 Å². The van der Waals surface area contributed by atoms with E-state index in [9.17, 15) is 0 Å². The highest BCUT2D eigenvalue weighted by molar-refractivity contribution is 7.19. The van der Waals surface area contributed by atoms with Crippen molar-refractivity contribution < 1.29 is 13.9 Å². The number of methoxy groups -OCH3 is 1. The standard InChI is InChI=1S/C23H20N4O3S/c1-28-14-6-8-15(9-7-14)29-12-16-10-11-18(30-16)21-25-22-20-17-4-2-3-5-19(17)31-23(20)24-13-27(22)26-21/h6-11,13H,2-5,12H2,1H3. The summed E-state index contributed by atoms with van der Waals surface area (Å²) in [5.74, 6) is 3.43. The molecule has 0 unspecified atom stereocenters. The van der Waals surface area contributed by atoms with Crippen molar-refractivity contribution in [2.24, 2.45) is 0 Å². The summed E-state index contributed by atoms with van der Waals surface area (Å²) < 4.78 is 18.7. The van der Waals surface area contributed by atoms with Crippen molar-refractivity contribution in [3.8, 4) is 23.1 Å². The van der Waals surface area contributed by atoms with Crippen LogP contribution in [0.4, 0.5) is 0 Å². The van der Waals surface area contributed by atoms with E-state index in [0.29, 0.717) is 24.0 Å². The molecule has 7 nitrogen and oxygen atoms in total. The molecule has 0 saturated heterocycles. The van der Waals surface area contributed by atoms with Crippen LogP contribution in [0.1, 0.15) is 29.0 Å². The van der Waals surface area contributed by atoms with Gasteiger partial charge in [-0.1, -0.05) is 0 Å². The predicted octanol–water partition coefficient (Wildman–Crippen LogP) is 5.07. The lowest BCUT2D eigenvalue weighted by Crippen LogP contribution is -1.99. The zero-order chi connectivity index (χ0) is 20.8. The van der Waals surface area contributed by atoms with Crippen LogP contribution < -0.4 is 9.47 Å². The van der Waals surface area contributed by atoms with Crippen LogP contribution in [0.15, 0.2) is 47.1 Å². The molecule has 6 rings (SSSR count). The van der Waals surface area contributed by atoms with Gasteiger partial charge in [-0.3, -0.25) is 0 Å². The summed E-state index contributed by atoms with van der Waals surface area (Å²) in [6.45, 7) is 0.323. The Bertz CT molecular complexity index is 1380. The topological polar surface area (TPSA) is 74.7 Å². The molecule has 31 heavy (non-hydrogen) atoms. The molecule has 0 fully saturated rings. The molecule has 1 aliphatic rings. The third-order valence-corrected chi connectivity index (χ3v) is 6.81. The Morgan fingerprint density at radius 2 is 1.90 bits per heavy atom. The van der Waals surface area contributed by atoms with Crippen LogP contribution in [0, 0.1) is 0 Å². The molecule has 0 atom stereocenters. The third kappa shape index (κ3) is 3.23. The SMILES string of the molecule is COc1ccc(OCc2ccc(-c3nc4c5c6c(sc5ncn4n3)CCCC6)o2)cc1. The van der Waals surface area contributed by atoms with Crippen LogP contribution >= 0.6 is 11.3 Å². The second-order valence-corrected chi connectivity index (χ2v) is 8.65. The van der Waals surface area contributed by atoms with Crippen molar-refractivity contribution in [3.63, 3.8) is 0 Å². The lowest BCUT2D eigenvalue weighted by atomic mass is 9.97. The Labute approximate surface area is 182 Å². The first kappa shape index (κ1) is 18.4. The Kier molecular flexibility index (Phi) is 4.38. The molecule has 0 spiro atoms. The number of aryl methyl sites for hydroxylation is 2. The number of hydrogen-bond donors (Lipinski definition) is 0. The largest absolute Gasteiger partial charge is 0.497 e. The summed E-state index contributed by atoms with van der Waals surface area (Å²) >= 11 is 1.79. The second kappa shape index (κ2) is 7.39. The van der Waals surface area contributed by atoms with E-state index in [2.05, 4.69) is 10.1 Å². The van der Waals surface area contributed by atoms with Crippen molar-refractivity contribution >= 4 is 27.2 Å². The van der Waals surface area contributed by atoms with E-state index in [4.69, 9.17) is 18.9 Å². The lowest BCUT2D eigenvalue weighted by molar-refractivity contribution is 0.271. The summed E-state index contributed by atoms with van der Waals surface area (Å²) in [4.78, 5) is 11.9. The van der Waals surface area contributed by atoms with Gasteiger partial charge in [0, 0.05) is 4.88 Å². The molecule has 8 heteroatoms. The van der Waals surface area contributed by atoms with Gasteiger partial charge >= 0.3 is 0 Å². The smallest absolute Gasteiger partial charge is 0.217 e. The van der Waals surface area contributed by atoms with Crippen LogP contribution in [-0.4, -0.2) is 26.7 Å². The van der Waals surface area contributed by atoms with E-state index < -0.39 is 0 Å². The zero-order valence-electron chi connectivity index (χ0n) is 17.0. The molecule has 0 N–H and O–H groups in total. The molecule has 0 amide bonds. The van der Waals surface area contributed by atoms with E-state index in [1.54, 1.807) is 29.3 Å². The summed E-state index contributed by atoms with van der Waals surface area (Å²) in [5.41, 5.74) is 2.25. The first-order valence-electron chi connectivity index (χ1n) is 10.3. The highest BCUT2D eigenvalue weighted by Gasteiger charge is 2.21. The highest BCUT2D eigenvalue weighted by Crippen LogP contribution is 2.37. The lowest BCUT2D eigenvalue weighted by Gasteiger charge is -2.09. The molecule has 0 aliphatic heterocycles. The number of hydrogen-bond acceptors (Lipinski definition) is 7. The number of thiophene rings is 1. The molecule has 4 aromatic heterocycles. The highest BCUT2D eigenvalue weighted by atomic mass is 32.1. The van der Waals surface area contributed by atoms with Crippen LogP contribution in [0.3, 0.4) is 0 Å². The first-order valence-corrected chi connectivity index (χ1v) is 11.1. The molecule has 0 saturated carbocycles. The Morgan fingerprint density at radius 1 is 1.06 bits per heavy atom. The Hall–Kier alpha value is -3.39. The van der Waals surface area contributed by atoms with Gasteiger partial charge in [-0.15, -0.1) is 16.4 Å². The molecular formula is C23H20N4O3S. The van der Waals surface area contributed by atoms with Gasteiger partial charge in [0.1, 0.15) is 35.0 Å². The number of rotatable bonds is 5. The van der Waals surface area contributed by atoms with Crippen molar-refractivity contribution in [1.82, 2.24) is 19.6 Å². The molecule has 1 aliphatic carbocycles. The fourth-order valence-corrected chi connectivity index (χ4v) is 5.28. The van der Waals surface area contributed by atoms with Crippen molar-refractivity contribution in [1.29, 1.82) is 0 Å². The average molecular weight is 433 g/mol.